The van der Waals surface area contributed by atoms with Gasteiger partial charge in [0.1, 0.15) is 0 Å². The van der Waals surface area contributed by atoms with Crippen LogP contribution in [0.5, 0.6) is 0 Å². The highest BCUT2D eigenvalue weighted by Crippen LogP contribution is 2.40. The summed E-state index contributed by atoms with van der Waals surface area (Å²) in [4.78, 5) is 0. The van der Waals surface area contributed by atoms with Crippen LogP contribution in [0.25, 0.3) is 0 Å². The molecule has 3 nitrogen and oxygen atoms in total. The summed E-state index contributed by atoms with van der Waals surface area (Å²) in [7, 11) is 2.06. The van der Waals surface area contributed by atoms with Gasteiger partial charge in [-0.1, -0.05) is 13.8 Å². The van der Waals surface area contributed by atoms with Gasteiger partial charge in [0.15, 0.2) is 0 Å². The first-order valence-corrected chi connectivity index (χ1v) is 6.02. The van der Waals surface area contributed by atoms with Crippen molar-refractivity contribution in [2.24, 2.45) is 13.0 Å². The first kappa shape index (κ1) is 10.7. The SMILES string of the molecule is CCNC(c1cc(CC)nn1C)C1CC1. The lowest BCUT2D eigenvalue weighted by atomic mass is 10.1. The zero-order valence-electron chi connectivity index (χ0n) is 9.95. The molecule has 0 spiro atoms. The van der Waals surface area contributed by atoms with E-state index in [0.29, 0.717) is 6.04 Å². The van der Waals surface area contributed by atoms with Gasteiger partial charge in [-0.05, 0) is 37.8 Å². The molecule has 0 radical (unpaired) electrons. The maximum atomic E-state index is 4.52. The van der Waals surface area contributed by atoms with Crippen LogP contribution in [0.2, 0.25) is 0 Å². The average Bonchev–Trinajstić information content (AvgIpc) is 2.99. The number of aromatic nitrogens is 2. The van der Waals surface area contributed by atoms with Crippen LogP contribution in [0.4, 0.5) is 0 Å². The molecule has 1 unspecified atom stereocenters. The Morgan fingerprint density at radius 2 is 2.27 bits per heavy atom. The van der Waals surface area contributed by atoms with E-state index in [2.05, 4.69) is 37.4 Å². The van der Waals surface area contributed by atoms with E-state index in [9.17, 15) is 0 Å². The Hall–Kier alpha value is -0.830. The third-order valence-corrected chi connectivity index (χ3v) is 3.16. The van der Waals surface area contributed by atoms with E-state index in [4.69, 9.17) is 0 Å². The fourth-order valence-corrected chi connectivity index (χ4v) is 2.17. The molecule has 0 bridgehead atoms. The molecule has 15 heavy (non-hydrogen) atoms. The Morgan fingerprint density at radius 3 is 2.73 bits per heavy atom. The summed E-state index contributed by atoms with van der Waals surface area (Å²) in [5.41, 5.74) is 2.56. The minimum Gasteiger partial charge on any atom is -0.309 e. The molecular weight excluding hydrogens is 186 g/mol. The van der Waals surface area contributed by atoms with Gasteiger partial charge in [0.2, 0.25) is 0 Å². The zero-order chi connectivity index (χ0) is 10.8. The molecular formula is C12H21N3. The first-order chi connectivity index (χ1) is 7.26. The average molecular weight is 207 g/mol. The number of nitrogens with one attached hydrogen (secondary N) is 1. The molecule has 1 atom stereocenters. The number of aryl methyl sites for hydroxylation is 2. The van der Waals surface area contributed by atoms with E-state index < -0.39 is 0 Å². The quantitative estimate of drug-likeness (QED) is 0.800. The van der Waals surface area contributed by atoms with Crippen LogP contribution in [-0.2, 0) is 13.5 Å². The van der Waals surface area contributed by atoms with Gasteiger partial charge in [-0.25, -0.2) is 0 Å². The lowest BCUT2D eigenvalue weighted by Gasteiger charge is -2.17. The molecule has 0 amide bonds. The summed E-state index contributed by atoms with van der Waals surface area (Å²) < 4.78 is 2.05. The molecule has 0 aromatic carbocycles. The maximum Gasteiger partial charge on any atom is 0.0625 e. The third kappa shape index (κ3) is 2.23. The molecule has 1 fully saturated rings. The predicted molar refractivity (Wildman–Crippen MR) is 61.7 cm³/mol. The highest BCUT2D eigenvalue weighted by Gasteiger charge is 2.33. The van der Waals surface area contributed by atoms with E-state index >= 15 is 0 Å². The van der Waals surface area contributed by atoms with Crippen molar-refractivity contribution in [1.29, 1.82) is 0 Å². The molecule has 3 heteroatoms. The van der Waals surface area contributed by atoms with Crippen molar-refractivity contribution in [2.75, 3.05) is 6.54 Å². The van der Waals surface area contributed by atoms with E-state index in [1.165, 1.54) is 24.2 Å². The largest absolute Gasteiger partial charge is 0.309 e. The maximum absolute atomic E-state index is 4.52. The van der Waals surface area contributed by atoms with E-state index in [1.54, 1.807) is 0 Å². The number of hydrogen-bond acceptors (Lipinski definition) is 2. The van der Waals surface area contributed by atoms with Gasteiger partial charge in [0.25, 0.3) is 0 Å². The van der Waals surface area contributed by atoms with E-state index in [0.717, 1.165) is 18.9 Å². The molecule has 1 aliphatic carbocycles. The van der Waals surface area contributed by atoms with Gasteiger partial charge in [0.05, 0.1) is 17.4 Å². The molecule has 0 saturated heterocycles. The fraction of sp³-hybridized carbons (Fsp3) is 0.750. The van der Waals surface area contributed by atoms with E-state index in [-0.39, 0.29) is 0 Å². The van der Waals surface area contributed by atoms with Gasteiger partial charge < -0.3 is 5.32 Å². The molecule has 1 aromatic rings. The Balaban J connectivity index is 2.19. The van der Waals surface area contributed by atoms with Crippen LogP contribution in [0.1, 0.15) is 44.1 Å². The Kier molecular flexibility index (Phi) is 3.10. The lowest BCUT2D eigenvalue weighted by Crippen LogP contribution is -2.24. The van der Waals surface area contributed by atoms with Crippen LogP contribution in [0.3, 0.4) is 0 Å². The van der Waals surface area contributed by atoms with Crippen molar-refractivity contribution < 1.29 is 0 Å². The molecule has 2 rings (SSSR count). The monoisotopic (exact) mass is 207 g/mol. The highest BCUT2D eigenvalue weighted by molar-refractivity contribution is 5.16. The minimum absolute atomic E-state index is 0.521. The van der Waals surface area contributed by atoms with Crippen molar-refractivity contribution >= 4 is 0 Å². The smallest absolute Gasteiger partial charge is 0.0625 e. The second kappa shape index (κ2) is 4.35. The van der Waals surface area contributed by atoms with Crippen LogP contribution < -0.4 is 5.32 Å². The summed E-state index contributed by atoms with van der Waals surface area (Å²) >= 11 is 0. The Bertz CT molecular complexity index is 326. The highest BCUT2D eigenvalue weighted by atomic mass is 15.3. The standard InChI is InChI=1S/C12H21N3/c1-4-10-8-11(15(3)14-10)12(13-5-2)9-6-7-9/h8-9,12-13H,4-7H2,1-3H3. The zero-order valence-corrected chi connectivity index (χ0v) is 9.95. The number of rotatable bonds is 5. The summed E-state index contributed by atoms with van der Waals surface area (Å²) in [6.45, 7) is 5.37. The van der Waals surface area contributed by atoms with Crippen LogP contribution >= 0.6 is 0 Å². The van der Waals surface area contributed by atoms with Crippen molar-refractivity contribution in [3.63, 3.8) is 0 Å². The van der Waals surface area contributed by atoms with Crippen LogP contribution in [-0.4, -0.2) is 16.3 Å². The molecule has 1 N–H and O–H groups in total. The van der Waals surface area contributed by atoms with Crippen LogP contribution in [0.15, 0.2) is 6.07 Å². The van der Waals surface area contributed by atoms with Crippen molar-refractivity contribution in [3.05, 3.63) is 17.5 Å². The Morgan fingerprint density at radius 1 is 1.53 bits per heavy atom. The third-order valence-electron chi connectivity index (χ3n) is 3.16. The second-order valence-electron chi connectivity index (χ2n) is 4.41. The van der Waals surface area contributed by atoms with Gasteiger partial charge in [-0.2, -0.15) is 5.10 Å². The summed E-state index contributed by atoms with van der Waals surface area (Å²) in [5, 5.41) is 8.10. The molecule has 0 aliphatic heterocycles. The number of hydrogen-bond donors (Lipinski definition) is 1. The minimum atomic E-state index is 0.521. The molecule has 1 aromatic heterocycles. The molecule has 1 saturated carbocycles. The van der Waals surface area contributed by atoms with Crippen molar-refractivity contribution in [2.45, 2.75) is 39.2 Å². The predicted octanol–water partition coefficient (Wildman–Crippen LogP) is 2.04. The van der Waals surface area contributed by atoms with Gasteiger partial charge in [-0.3, -0.25) is 4.68 Å². The lowest BCUT2D eigenvalue weighted by molar-refractivity contribution is 0.462. The van der Waals surface area contributed by atoms with Gasteiger partial charge in [-0.15, -0.1) is 0 Å². The summed E-state index contributed by atoms with van der Waals surface area (Å²) in [6.07, 6.45) is 3.76. The second-order valence-corrected chi connectivity index (χ2v) is 4.41. The van der Waals surface area contributed by atoms with Crippen LogP contribution in [0, 0.1) is 5.92 Å². The first-order valence-electron chi connectivity index (χ1n) is 6.02. The summed E-state index contributed by atoms with van der Waals surface area (Å²) in [5.74, 6) is 0.838. The molecule has 84 valence electrons. The fourth-order valence-electron chi connectivity index (χ4n) is 2.17. The van der Waals surface area contributed by atoms with Crippen molar-refractivity contribution in [1.82, 2.24) is 15.1 Å². The van der Waals surface area contributed by atoms with Crippen molar-refractivity contribution in [3.8, 4) is 0 Å². The normalized spacial score (nSPS) is 18.1. The van der Waals surface area contributed by atoms with E-state index in [1.807, 2.05) is 4.68 Å². The topological polar surface area (TPSA) is 29.9 Å². The number of nitrogens with zero attached hydrogens (tertiary/aromatic N) is 2. The molecule has 1 aliphatic rings. The van der Waals surface area contributed by atoms with Gasteiger partial charge in [0, 0.05) is 7.05 Å². The Labute approximate surface area is 91.9 Å². The summed E-state index contributed by atoms with van der Waals surface area (Å²) in [6, 6.07) is 2.78. The van der Waals surface area contributed by atoms with Gasteiger partial charge >= 0.3 is 0 Å². The molecule has 1 heterocycles.